The molecule has 5 nitrogen and oxygen atoms in total. The predicted octanol–water partition coefficient (Wildman–Crippen LogP) is 2.91. The van der Waals surface area contributed by atoms with Crippen LogP contribution in [-0.2, 0) is 6.42 Å². The van der Waals surface area contributed by atoms with Crippen molar-refractivity contribution >= 4 is 27.8 Å². The Morgan fingerprint density at radius 2 is 2.20 bits per heavy atom. The summed E-state index contributed by atoms with van der Waals surface area (Å²) in [5.74, 6) is 0.559. The van der Waals surface area contributed by atoms with Gasteiger partial charge in [-0.05, 0) is 46.6 Å². The van der Waals surface area contributed by atoms with E-state index in [4.69, 9.17) is 0 Å². The predicted molar refractivity (Wildman–Crippen MR) is 81.6 cm³/mol. The van der Waals surface area contributed by atoms with E-state index in [0.717, 1.165) is 15.7 Å². The summed E-state index contributed by atoms with van der Waals surface area (Å²) < 4.78 is 0.885. The molecule has 0 aliphatic carbocycles. The first-order valence-electron chi connectivity index (χ1n) is 6.22. The van der Waals surface area contributed by atoms with E-state index < -0.39 is 0 Å². The number of aryl methyl sites for hydroxylation is 1. The number of halogens is 1. The summed E-state index contributed by atoms with van der Waals surface area (Å²) in [6.45, 7) is 2.42. The van der Waals surface area contributed by atoms with Crippen molar-refractivity contribution in [2.24, 2.45) is 0 Å². The molecule has 0 aliphatic rings. The van der Waals surface area contributed by atoms with Gasteiger partial charge in [0.05, 0.1) is 0 Å². The standard InChI is InChI=1S/C14H15BrN4O/c1-10-8-11(15)9-18-13(10)19-14(20)17-7-5-12-4-2-3-6-16-12/h2-4,6,8-9H,5,7H2,1H3,(H2,17,18,19,20). The Kier molecular flexibility index (Phi) is 5.06. The van der Waals surface area contributed by atoms with E-state index in [9.17, 15) is 4.79 Å². The molecule has 2 aromatic rings. The van der Waals surface area contributed by atoms with Crippen LogP contribution >= 0.6 is 15.9 Å². The Labute approximate surface area is 126 Å². The molecule has 2 heterocycles. The van der Waals surface area contributed by atoms with Crippen LogP contribution in [0, 0.1) is 6.92 Å². The first-order chi connectivity index (χ1) is 9.65. The zero-order valence-corrected chi connectivity index (χ0v) is 12.6. The van der Waals surface area contributed by atoms with Gasteiger partial charge < -0.3 is 5.32 Å². The molecule has 0 saturated carbocycles. The molecule has 0 spiro atoms. The second kappa shape index (κ2) is 7.00. The van der Waals surface area contributed by atoms with Crippen molar-refractivity contribution in [3.63, 3.8) is 0 Å². The van der Waals surface area contributed by atoms with E-state index >= 15 is 0 Å². The van der Waals surface area contributed by atoms with Gasteiger partial charge in [-0.3, -0.25) is 10.3 Å². The van der Waals surface area contributed by atoms with Gasteiger partial charge in [0.2, 0.25) is 0 Å². The maximum atomic E-state index is 11.7. The van der Waals surface area contributed by atoms with Gasteiger partial charge in [-0.2, -0.15) is 0 Å². The number of rotatable bonds is 4. The second-order valence-corrected chi connectivity index (χ2v) is 5.19. The molecule has 6 heteroatoms. The van der Waals surface area contributed by atoms with Gasteiger partial charge in [0, 0.05) is 35.5 Å². The molecular weight excluding hydrogens is 320 g/mol. The number of amides is 2. The van der Waals surface area contributed by atoms with E-state index in [0.29, 0.717) is 18.8 Å². The van der Waals surface area contributed by atoms with Gasteiger partial charge in [-0.1, -0.05) is 6.07 Å². The molecule has 0 aromatic carbocycles. The van der Waals surface area contributed by atoms with Crippen molar-refractivity contribution in [3.05, 3.63) is 52.4 Å². The van der Waals surface area contributed by atoms with E-state index in [1.54, 1.807) is 12.4 Å². The Hall–Kier alpha value is -1.95. The average Bonchev–Trinajstić information content (AvgIpc) is 2.43. The second-order valence-electron chi connectivity index (χ2n) is 4.27. The molecule has 0 bridgehead atoms. The lowest BCUT2D eigenvalue weighted by Gasteiger charge is -2.09. The third kappa shape index (κ3) is 4.31. The molecule has 0 fully saturated rings. The van der Waals surface area contributed by atoms with Crippen LogP contribution in [0.5, 0.6) is 0 Å². The zero-order valence-electron chi connectivity index (χ0n) is 11.1. The van der Waals surface area contributed by atoms with Crippen LogP contribution in [0.2, 0.25) is 0 Å². The van der Waals surface area contributed by atoms with E-state index in [1.807, 2.05) is 31.2 Å². The van der Waals surface area contributed by atoms with Crippen molar-refractivity contribution in [1.82, 2.24) is 15.3 Å². The molecule has 20 heavy (non-hydrogen) atoms. The number of aromatic nitrogens is 2. The highest BCUT2D eigenvalue weighted by Gasteiger charge is 2.05. The zero-order chi connectivity index (χ0) is 14.4. The maximum absolute atomic E-state index is 11.7. The number of pyridine rings is 2. The largest absolute Gasteiger partial charge is 0.337 e. The normalized spacial score (nSPS) is 10.1. The molecule has 0 aliphatic heterocycles. The summed E-state index contributed by atoms with van der Waals surface area (Å²) in [7, 11) is 0. The van der Waals surface area contributed by atoms with Gasteiger partial charge in [-0.25, -0.2) is 9.78 Å². The van der Waals surface area contributed by atoms with Crippen LogP contribution in [0.25, 0.3) is 0 Å². The highest BCUT2D eigenvalue weighted by Crippen LogP contribution is 2.16. The minimum atomic E-state index is -0.265. The van der Waals surface area contributed by atoms with Crippen molar-refractivity contribution in [1.29, 1.82) is 0 Å². The smallest absolute Gasteiger partial charge is 0.320 e. The third-order valence-corrected chi connectivity index (χ3v) is 3.10. The summed E-state index contributed by atoms with van der Waals surface area (Å²) in [5.41, 5.74) is 1.85. The Bertz CT molecular complexity index is 589. The highest BCUT2D eigenvalue weighted by atomic mass is 79.9. The minimum Gasteiger partial charge on any atom is -0.337 e. The first-order valence-corrected chi connectivity index (χ1v) is 7.01. The summed E-state index contributed by atoms with van der Waals surface area (Å²) in [5, 5.41) is 5.50. The van der Waals surface area contributed by atoms with E-state index in [-0.39, 0.29) is 6.03 Å². The van der Waals surface area contributed by atoms with E-state index in [1.165, 1.54) is 0 Å². The fourth-order valence-corrected chi connectivity index (χ4v) is 2.12. The number of anilines is 1. The highest BCUT2D eigenvalue weighted by molar-refractivity contribution is 9.10. The van der Waals surface area contributed by atoms with Crippen molar-refractivity contribution in [2.75, 3.05) is 11.9 Å². The molecular formula is C14H15BrN4O. The number of hydrogen-bond donors (Lipinski definition) is 2. The lowest BCUT2D eigenvalue weighted by atomic mass is 10.3. The van der Waals surface area contributed by atoms with Crippen LogP contribution in [0.15, 0.2) is 41.1 Å². The Morgan fingerprint density at radius 1 is 1.35 bits per heavy atom. The number of urea groups is 1. The quantitative estimate of drug-likeness (QED) is 0.903. The topological polar surface area (TPSA) is 66.9 Å². The molecule has 0 atom stereocenters. The fourth-order valence-electron chi connectivity index (χ4n) is 1.67. The molecule has 2 amide bonds. The van der Waals surface area contributed by atoms with Gasteiger partial charge >= 0.3 is 6.03 Å². The summed E-state index contributed by atoms with van der Waals surface area (Å²) in [6.07, 6.45) is 4.09. The molecule has 0 unspecified atom stereocenters. The molecule has 0 saturated heterocycles. The SMILES string of the molecule is Cc1cc(Br)cnc1NC(=O)NCCc1ccccn1. The average molecular weight is 335 g/mol. The molecule has 2 rings (SSSR count). The summed E-state index contributed by atoms with van der Waals surface area (Å²) in [4.78, 5) is 20.1. The number of carbonyl (C=O) groups is 1. The van der Waals surface area contributed by atoms with Gasteiger partial charge in [0.15, 0.2) is 0 Å². The molecule has 0 radical (unpaired) electrons. The van der Waals surface area contributed by atoms with E-state index in [2.05, 4.69) is 36.5 Å². The van der Waals surface area contributed by atoms with Crippen molar-refractivity contribution < 1.29 is 4.79 Å². The number of nitrogens with one attached hydrogen (secondary N) is 2. The van der Waals surface area contributed by atoms with Crippen molar-refractivity contribution in [2.45, 2.75) is 13.3 Å². The summed E-state index contributed by atoms with van der Waals surface area (Å²) in [6, 6.07) is 7.36. The number of nitrogens with zero attached hydrogens (tertiary/aromatic N) is 2. The van der Waals surface area contributed by atoms with Crippen LogP contribution in [0.3, 0.4) is 0 Å². The minimum absolute atomic E-state index is 0.265. The van der Waals surface area contributed by atoms with Crippen LogP contribution in [0.1, 0.15) is 11.3 Å². The summed E-state index contributed by atoms with van der Waals surface area (Å²) >= 11 is 3.33. The molecule has 2 N–H and O–H groups in total. The maximum Gasteiger partial charge on any atom is 0.320 e. The van der Waals surface area contributed by atoms with Crippen LogP contribution < -0.4 is 10.6 Å². The molecule has 104 valence electrons. The molecule has 2 aromatic heterocycles. The third-order valence-electron chi connectivity index (χ3n) is 2.67. The number of carbonyl (C=O) groups excluding carboxylic acids is 1. The first kappa shape index (κ1) is 14.5. The lowest BCUT2D eigenvalue weighted by molar-refractivity contribution is 0.252. The van der Waals surface area contributed by atoms with Crippen LogP contribution in [0.4, 0.5) is 10.6 Å². The van der Waals surface area contributed by atoms with Crippen molar-refractivity contribution in [3.8, 4) is 0 Å². The van der Waals surface area contributed by atoms with Gasteiger partial charge in [0.1, 0.15) is 5.82 Å². The number of hydrogen-bond acceptors (Lipinski definition) is 3. The van der Waals surface area contributed by atoms with Gasteiger partial charge in [-0.15, -0.1) is 0 Å². The fraction of sp³-hybridized carbons (Fsp3) is 0.214. The monoisotopic (exact) mass is 334 g/mol. The Balaban J connectivity index is 1.81. The van der Waals surface area contributed by atoms with Gasteiger partial charge in [0.25, 0.3) is 0 Å². The van der Waals surface area contributed by atoms with Crippen LogP contribution in [-0.4, -0.2) is 22.5 Å². The lowest BCUT2D eigenvalue weighted by Crippen LogP contribution is -2.31. The Morgan fingerprint density at radius 3 is 2.90 bits per heavy atom.